The number of alkyl halides is 12. The lowest BCUT2D eigenvalue weighted by Crippen LogP contribution is -2.46. The number of aliphatic carboxylic acids is 4. The summed E-state index contributed by atoms with van der Waals surface area (Å²) in [6.07, 6.45) is -11.0. The van der Waals surface area contributed by atoms with Crippen molar-refractivity contribution in [2.45, 2.75) is 38.2 Å². The summed E-state index contributed by atoms with van der Waals surface area (Å²) in [4.78, 5) is 58.4. The van der Waals surface area contributed by atoms with Gasteiger partial charge in [-0.05, 0) is 31.2 Å². The molecule has 0 spiro atoms. The Hall–Kier alpha value is -6.28. The minimum atomic E-state index is -5.08. The molecule has 5 heterocycles. The molecule has 1 fully saturated rings. The lowest BCUT2D eigenvalue weighted by atomic mass is 10.2. The Bertz CT molecular complexity index is 1830. The number of hydrogen-bond acceptors (Lipinski definition) is 10. The highest BCUT2D eigenvalue weighted by molar-refractivity contribution is 5.74. The van der Waals surface area contributed by atoms with Crippen LogP contribution in [0.3, 0.4) is 0 Å². The molecule has 0 bridgehead atoms. The van der Waals surface area contributed by atoms with Crippen LogP contribution in [0.15, 0.2) is 61.3 Å². The van der Waals surface area contributed by atoms with Crippen LogP contribution < -0.4 is 4.90 Å². The largest absolute Gasteiger partial charge is 0.490 e. The van der Waals surface area contributed by atoms with E-state index in [1.165, 1.54) is 0 Å². The number of aryl methyl sites for hydroxylation is 1. The van der Waals surface area contributed by atoms with Crippen molar-refractivity contribution in [1.82, 2.24) is 29.2 Å². The first-order chi connectivity index (χ1) is 26.0. The average Bonchev–Trinajstić information content (AvgIpc) is 3.53. The van der Waals surface area contributed by atoms with E-state index >= 15 is 0 Å². The van der Waals surface area contributed by atoms with Crippen LogP contribution in [-0.2, 0) is 25.7 Å². The summed E-state index contributed by atoms with van der Waals surface area (Å²) in [6, 6.07) is 10.2. The number of piperazine rings is 1. The molecule has 0 aliphatic carbocycles. The summed E-state index contributed by atoms with van der Waals surface area (Å²) in [6.45, 7) is 6.75. The van der Waals surface area contributed by atoms with Crippen LogP contribution in [-0.4, -0.2) is 124 Å². The lowest BCUT2D eigenvalue weighted by molar-refractivity contribution is -0.193. The van der Waals surface area contributed by atoms with Crippen molar-refractivity contribution in [2.24, 2.45) is 0 Å². The first-order valence-corrected chi connectivity index (χ1v) is 14.9. The number of nitrogens with zero attached hydrogens (tertiary/aromatic N) is 7. The van der Waals surface area contributed by atoms with E-state index in [1.807, 2.05) is 43.7 Å². The van der Waals surface area contributed by atoms with Crippen molar-refractivity contribution in [3.8, 4) is 11.3 Å². The van der Waals surface area contributed by atoms with Gasteiger partial charge in [0.05, 0.1) is 17.6 Å². The Morgan fingerprint density at radius 3 is 1.49 bits per heavy atom. The van der Waals surface area contributed by atoms with Crippen LogP contribution >= 0.6 is 0 Å². The van der Waals surface area contributed by atoms with E-state index in [0.717, 1.165) is 66.8 Å². The van der Waals surface area contributed by atoms with Crippen molar-refractivity contribution in [3.63, 3.8) is 0 Å². The average molecular weight is 842 g/mol. The summed E-state index contributed by atoms with van der Waals surface area (Å²) in [5.74, 6) is -10.1. The van der Waals surface area contributed by atoms with E-state index in [-0.39, 0.29) is 0 Å². The summed E-state index contributed by atoms with van der Waals surface area (Å²) < 4.78 is 129. The predicted molar refractivity (Wildman–Crippen MR) is 167 cm³/mol. The molecule has 1 aliphatic heterocycles. The minimum absolute atomic E-state index is 0.892. The van der Waals surface area contributed by atoms with Crippen LogP contribution in [0.5, 0.6) is 0 Å². The molecule has 4 aromatic rings. The molecule has 314 valence electrons. The molecule has 27 heteroatoms. The maximum Gasteiger partial charge on any atom is 0.490 e. The van der Waals surface area contributed by atoms with Crippen LogP contribution in [0.2, 0.25) is 0 Å². The zero-order valence-corrected chi connectivity index (χ0v) is 28.4. The van der Waals surface area contributed by atoms with Crippen molar-refractivity contribution in [3.05, 3.63) is 72.7 Å². The van der Waals surface area contributed by atoms with Gasteiger partial charge in [-0.3, -0.25) is 19.3 Å². The molecule has 1 saturated heterocycles. The molecule has 5 rings (SSSR count). The molecule has 0 saturated carbocycles. The molecule has 4 aromatic heterocycles. The van der Waals surface area contributed by atoms with Crippen molar-refractivity contribution < 1.29 is 92.3 Å². The summed E-state index contributed by atoms with van der Waals surface area (Å²) in [7, 11) is 0. The van der Waals surface area contributed by atoms with Gasteiger partial charge in [-0.25, -0.2) is 29.1 Å². The highest BCUT2D eigenvalue weighted by Crippen LogP contribution is 2.26. The number of carbonyl (C=O) groups is 4. The van der Waals surface area contributed by atoms with E-state index < -0.39 is 48.6 Å². The topological polar surface area (TPSA) is 212 Å². The van der Waals surface area contributed by atoms with Gasteiger partial charge in [0.15, 0.2) is 11.5 Å². The molecule has 4 N–H and O–H groups in total. The molecule has 0 radical (unpaired) electrons. The second-order valence-corrected chi connectivity index (χ2v) is 10.6. The third kappa shape index (κ3) is 17.4. The SMILES string of the molecule is Cc1cccc(CN2CCN(c3nccn4c(-c5ccncc5)cnc34)CC2)n1.O=C(O)C(F)(F)F.O=C(O)C(F)(F)F.O=C(O)C(F)(F)F.O=C(O)C(F)(F)F. The second kappa shape index (κ2) is 20.6. The third-order valence-electron chi connectivity index (χ3n) is 6.36. The normalized spacial score (nSPS) is 13.2. The van der Waals surface area contributed by atoms with E-state index in [4.69, 9.17) is 39.6 Å². The number of aromatic nitrogens is 5. The minimum Gasteiger partial charge on any atom is -0.475 e. The number of carboxylic acid groups (broad SMARTS) is 4. The number of rotatable bonds is 4. The fourth-order valence-corrected chi connectivity index (χ4v) is 3.90. The molecule has 1 aliphatic rings. The van der Waals surface area contributed by atoms with Gasteiger partial charge in [-0.1, -0.05) is 6.07 Å². The lowest BCUT2D eigenvalue weighted by Gasteiger charge is -2.35. The van der Waals surface area contributed by atoms with E-state index in [9.17, 15) is 52.7 Å². The number of anilines is 1. The summed E-state index contributed by atoms with van der Waals surface area (Å²) in [5, 5.41) is 28.5. The van der Waals surface area contributed by atoms with E-state index in [2.05, 4.69) is 46.3 Å². The van der Waals surface area contributed by atoms with Gasteiger partial charge in [0, 0.05) is 68.8 Å². The molecular weight excluding hydrogens is 814 g/mol. The number of imidazole rings is 1. The van der Waals surface area contributed by atoms with Crippen LogP contribution in [0.25, 0.3) is 16.9 Å². The highest BCUT2D eigenvalue weighted by Gasteiger charge is 2.40. The molecule has 15 nitrogen and oxygen atoms in total. The maximum absolute atomic E-state index is 10.6. The maximum atomic E-state index is 10.6. The first-order valence-electron chi connectivity index (χ1n) is 14.9. The van der Waals surface area contributed by atoms with E-state index in [1.54, 1.807) is 12.4 Å². The zero-order chi connectivity index (χ0) is 43.9. The zero-order valence-electron chi connectivity index (χ0n) is 28.4. The van der Waals surface area contributed by atoms with Gasteiger partial charge in [0.2, 0.25) is 0 Å². The quantitative estimate of drug-likeness (QED) is 0.191. The number of carboxylic acids is 4. The molecule has 0 atom stereocenters. The molecular formula is C30H27F12N7O8. The number of halogens is 12. The Kier molecular flexibility index (Phi) is 17.6. The highest BCUT2D eigenvalue weighted by atomic mass is 19.4. The van der Waals surface area contributed by atoms with Crippen LogP contribution in [0.4, 0.5) is 58.5 Å². The number of fused-ring (bicyclic) bond motifs is 1. The van der Waals surface area contributed by atoms with Crippen LogP contribution in [0, 0.1) is 6.92 Å². The molecule has 0 unspecified atom stereocenters. The monoisotopic (exact) mass is 841 g/mol. The molecule has 57 heavy (non-hydrogen) atoms. The Morgan fingerprint density at radius 1 is 0.649 bits per heavy atom. The molecule has 0 amide bonds. The Labute approximate surface area is 310 Å². The van der Waals surface area contributed by atoms with Crippen molar-refractivity contribution in [1.29, 1.82) is 0 Å². The molecule has 0 aromatic carbocycles. The number of pyridine rings is 2. The fourth-order valence-electron chi connectivity index (χ4n) is 3.90. The van der Waals surface area contributed by atoms with Gasteiger partial charge in [0.1, 0.15) is 0 Å². The van der Waals surface area contributed by atoms with Crippen molar-refractivity contribution in [2.75, 3.05) is 31.1 Å². The smallest absolute Gasteiger partial charge is 0.475 e. The van der Waals surface area contributed by atoms with Gasteiger partial charge in [-0.15, -0.1) is 0 Å². The van der Waals surface area contributed by atoms with E-state index in [0.29, 0.717) is 0 Å². The predicted octanol–water partition coefficient (Wildman–Crippen LogP) is 5.35. The van der Waals surface area contributed by atoms with Crippen LogP contribution in [0.1, 0.15) is 11.4 Å². The van der Waals surface area contributed by atoms with Crippen molar-refractivity contribution >= 4 is 35.3 Å². The number of hydrogen-bond donors (Lipinski definition) is 4. The van der Waals surface area contributed by atoms with Gasteiger partial charge >= 0.3 is 48.6 Å². The van der Waals surface area contributed by atoms with Gasteiger partial charge in [-0.2, -0.15) is 52.7 Å². The third-order valence-corrected chi connectivity index (χ3v) is 6.36. The standard InChI is InChI=1S/C22H23N7.4C2HF3O2/c1-17-3-2-4-19(26-17)16-27-11-13-28(14-12-27)21-22-25-15-20(29(22)10-9-24-21)18-5-7-23-8-6-18;4*3-2(4,5)1(6)7/h2-10,15H,11-14,16H2,1H3;4*(H,6,7). The first kappa shape index (κ1) is 48.7. The van der Waals surface area contributed by atoms with Gasteiger partial charge in [0.25, 0.3) is 0 Å². The summed E-state index contributed by atoms with van der Waals surface area (Å²) >= 11 is 0. The second-order valence-electron chi connectivity index (χ2n) is 10.6. The Balaban J connectivity index is 0.000000473. The fraction of sp³-hybridized carbons (Fsp3) is 0.333. The van der Waals surface area contributed by atoms with Gasteiger partial charge < -0.3 is 25.3 Å². The summed E-state index contributed by atoms with van der Waals surface area (Å²) in [5.41, 5.74) is 5.25. The Morgan fingerprint density at radius 2 is 1.09 bits per heavy atom.